The molecule has 1 heteroatoms. The van der Waals surface area contributed by atoms with Gasteiger partial charge in [0.15, 0.2) is 0 Å². The van der Waals surface area contributed by atoms with Crippen LogP contribution in [-0.4, -0.2) is 0 Å². The zero-order valence-electron chi connectivity index (χ0n) is 17.4. The molecule has 0 amide bonds. The van der Waals surface area contributed by atoms with Crippen LogP contribution in [0.5, 0.6) is 0 Å². The molecule has 0 aliphatic carbocycles. The zero-order valence-corrected chi connectivity index (χ0v) is 17.4. The zero-order chi connectivity index (χ0) is 21.5. The largest absolute Gasteiger partial charge is 0.192 e. The fourth-order valence-corrected chi connectivity index (χ4v) is 4.71. The quantitative estimate of drug-likeness (QED) is 0.266. The van der Waals surface area contributed by atoms with Crippen molar-refractivity contribution in [1.29, 1.82) is 5.26 Å². The number of benzene rings is 6. The average Bonchev–Trinajstić information content (AvgIpc) is 2.87. The molecule has 32 heavy (non-hydrogen) atoms. The molecule has 6 rings (SSSR count). The lowest BCUT2D eigenvalue weighted by Crippen LogP contribution is -1.87. The fourth-order valence-electron chi connectivity index (χ4n) is 4.71. The Morgan fingerprint density at radius 1 is 0.438 bits per heavy atom. The molecule has 0 aliphatic heterocycles. The molecule has 0 saturated heterocycles. The number of fused-ring (bicyclic) bond motifs is 4. The van der Waals surface area contributed by atoms with Gasteiger partial charge in [-0.2, -0.15) is 5.26 Å². The molecule has 1 nitrogen and oxygen atoms in total. The Kier molecular flexibility index (Phi) is 4.23. The lowest BCUT2D eigenvalue weighted by atomic mass is 9.90. The molecule has 0 aliphatic rings. The molecule has 0 radical (unpaired) electrons. The number of nitrogens with zero attached hydrogens (tertiary/aromatic N) is 1. The van der Waals surface area contributed by atoms with Crippen molar-refractivity contribution in [2.75, 3.05) is 0 Å². The first-order valence-corrected chi connectivity index (χ1v) is 10.8. The van der Waals surface area contributed by atoms with Gasteiger partial charge >= 0.3 is 0 Å². The SMILES string of the molecule is N#Cc1ccc(-c2ccc(-c3ccc4c(ccc5ccccc54)c3)c3ccccc23)cc1. The van der Waals surface area contributed by atoms with Crippen LogP contribution in [0.3, 0.4) is 0 Å². The van der Waals surface area contributed by atoms with Crippen LogP contribution in [0, 0.1) is 11.3 Å². The fraction of sp³-hybridized carbons (Fsp3) is 0. The molecule has 0 bridgehead atoms. The minimum Gasteiger partial charge on any atom is -0.192 e. The summed E-state index contributed by atoms with van der Waals surface area (Å²) in [4.78, 5) is 0. The topological polar surface area (TPSA) is 23.8 Å². The summed E-state index contributed by atoms with van der Waals surface area (Å²) in [7, 11) is 0. The maximum atomic E-state index is 9.12. The Morgan fingerprint density at radius 3 is 1.72 bits per heavy atom. The molecule has 0 atom stereocenters. The summed E-state index contributed by atoms with van der Waals surface area (Å²) < 4.78 is 0. The van der Waals surface area contributed by atoms with Gasteiger partial charge in [-0.25, -0.2) is 0 Å². The molecule has 0 aromatic heterocycles. The molecule has 0 N–H and O–H groups in total. The van der Waals surface area contributed by atoms with Gasteiger partial charge in [0.25, 0.3) is 0 Å². The van der Waals surface area contributed by atoms with Crippen molar-refractivity contribution in [3.63, 3.8) is 0 Å². The third-order valence-corrected chi connectivity index (χ3v) is 6.31. The summed E-state index contributed by atoms with van der Waals surface area (Å²) in [6.45, 7) is 0. The molecule has 0 fully saturated rings. The van der Waals surface area contributed by atoms with Crippen LogP contribution in [0.25, 0.3) is 54.6 Å². The Hall–Kier alpha value is -4.41. The second-order valence-corrected chi connectivity index (χ2v) is 8.12. The highest BCUT2D eigenvalue weighted by Gasteiger charge is 2.10. The molecule has 0 unspecified atom stereocenters. The maximum absolute atomic E-state index is 9.12. The van der Waals surface area contributed by atoms with E-state index in [-0.39, 0.29) is 0 Å². The number of hydrogen-bond acceptors (Lipinski definition) is 1. The van der Waals surface area contributed by atoms with Gasteiger partial charge in [-0.15, -0.1) is 0 Å². The standard InChI is InChI=1S/C31H19N/c32-20-21-9-11-23(12-10-21)27-17-18-29(31-8-4-3-7-30(27)31)25-15-16-28-24(19-25)14-13-22-5-1-2-6-26(22)28/h1-19H. The molecule has 6 aromatic rings. The van der Waals surface area contributed by atoms with E-state index in [1.54, 1.807) is 0 Å². The van der Waals surface area contributed by atoms with Gasteiger partial charge in [0, 0.05) is 0 Å². The van der Waals surface area contributed by atoms with Gasteiger partial charge < -0.3 is 0 Å². The second kappa shape index (κ2) is 7.38. The van der Waals surface area contributed by atoms with Crippen molar-refractivity contribution < 1.29 is 0 Å². The van der Waals surface area contributed by atoms with Crippen LogP contribution in [0.4, 0.5) is 0 Å². The van der Waals surface area contributed by atoms with E-state index < -0.39 is 0 Å². The predicted molar refractivity (Wildman–Crippen MR) is 135 cm³/mol. The van der Waals surface area contributed by atoms with E-state index in [4.69, 9.17) is 5.26 Å². The van der Waals surface area contributed by atoms with Crippen LogP contribution in [0.1, 0.15) is 5.56 Å². The van der Waals surface area contributed by atoms with Crippen molar-refractivity contribution >= 4 is 32.3 Å². The van der Waals surface area contributed by atoms with Crippen molar-refractivity contribution in [2.45, 2.75) is 0 Å². The molecular weight excluding hydrogens is 386 g/mol. The summed E-state index contributed by atoms with van der Waals surface area (Å²) in [5.41, 5.74) is 5.43. The van der Waals surface area contributed by atoms with Crippen molar-refractivity contribution in [2.24, 2.45) is 0 Å². The van der Waals surface area contributed by atoms with E-state index in [1.165, 1.54) is 49.0 Å². The second-order valence-electron chi connectivity index (χ2n) is 8.12. The molecule has 0 spiro atoms. The normalized spacial score (nSPS) is 11.1. The third-order valence-electron chi connectivity index (χ3n) is 6.31. The van der Waals surface area contributed by atoms with Gasteiger partial charge in [-0.3, -0.25) is 0 Å². The smallest absolute Gasteiger partial charge is 0.0991 e. The van der Waals surface area contributed by atoms with Gasteiger partial charge in [0.2, 0.25) is 0 Å². The van der Waals surface area contributed by atoms with Crippen LogP contribution < -0.4 is 0 Å². The molecule has 0 saturated carbocycles. The summed E-state index contributed by atoms with van der Waals surface area (Å²) in [5.74, 6) is 0. The summed E-state index contributed by atoms with van der Waals surface area (Å²) in [5, 5.41) is 16.7. The van der Waals surface area contributed by atoms with Gasteiger partial charge in [0.05, 0.1) is 11.6 Å². The van der Waals surface area contributed by atoms with E-state index in [2.05, 4.69) is 97.1 Å². The van der Waals surface area contributed by atoms with Gasteiger partial charge in [-0.05, 0) is 72.8 Å². The van der Waals surface area contributed by atoms with E-state index in [0.29, 0.717) is 5.56 Å². The summed E-state index contributed by atoms with van der Waals surface area (Å²) in [6, 6.07) is 42.7. The van der Waals surface area contributed by atoms with E-state index in [9.17, 15) is 0 Å². The van der Waals surface area contributed by atoms with Crippen LogP contribution in [0.15, 0.2) is 115 Å². The first-order chi connectivity index (χ1) is 15.8. The summed E-state index contributed by atoms with van der Waals surface area (Å²) >= 11 is 0. The highest BCUT2D eigenvalue weighted by Crippen LogP contribution is 2.37. The van der Waals surface area contributed by atoms with Crippen LogP contribution in [0.2, 0.25) is 0 Å². The Balaban J connectivity index is 1.54. The molecular formula is C31H19N. The summed E-state index contributed by atoms with van der Waals surface area (Å²) in [6.07, 6.45) is 0. The highest BCUT2D eigenvalue weighted by atomic mass is 14.2. The predicted octanol–water partition coefficient (Wildman–Crippen LogP) is 8.35. The van der Waals surface area contributed by atoms with E-state index in [1.807, 2.05) is 24.3 Å². The average molecular weight is 406 g/mol. The minimum absolute atomic E-state index is 0.679. The van der Waals surface area contributed by atoms with Crippen molar-refractivity contribution in [1.82, 2.24) is 0 Å². The van der Waals surface area contributed by atoms with Gasteiger partial charge in [-0.1, -0.05) is 97.1 Å². The number of nitriles is 1. The Labute approximate surface area is 186 Å². The maximum Gasteiger partial charge on any atom is 0.0991 e. The number of rotatable bonds is 2. The van der Waals surface area contributed by atoms with Gasteiger partial charge in [0.1, 0.15) is 0 Å². The van der Waals surface area contributed by atoms with Crippen LogP contribution >= 0.6 is 0 Å². The number of hydrogen-bond donors (Lipinski definition) is 0. The first-order valence-electron chi connectivity index (χ1n) is 10.8. The molecule has 6 aromatic carbocycles. The van der Waals surface area contributed by atoms with E-state index >= 15 is 0 Å². The van der Waals surface area contributed by atoms with Crippen LogP contribution in [-0.2, 0) is 0 Å². The Morgan fingerprint density at radius 2 is 1.00 bits per heavy atom. The highest BCUT2D eigenvalue weighted by molar-refractivity contribution is 6.10. The molecule has 148 valence electrons. The monoisotopic (exact) mass is 405 g/mol. The Bertz CT molecular complexity index is 1670. The van der Waals surface area contributed by atoms with Crippen molar-refractivity contribution in [3.05, 3.63) is 121 Å². The minimum atomic E-state index is 0.679. The first kappa shape index (κ1) is 18.4. The third kappa shape index (κ3) is 2.94. The van der Waals surface area contributed by atoms with E-state index in [0.717, 1.165) is 5.56 Å². The van der Waals surface area contributed by atoms with Crippen molar-refractivity contribution in [3.8, 4) is 28.3 Å². The molecule has 0 heterocycles. The lowest BCUT2D eigenvalue weighted by molar-refractivity contribution is 1.48. The lowest BCUT2D eigenvalue weighted by Gasteiger charge is -2.13.